The molecule has 1 fully saturated rings. The van der Waals surface area contributed by atoms with E-state index in [2.05, 4.69) is 19.7 Å². The van der Waals surface area contributed by atoms with E-state index < -0.39 is 4.92 Å². The van der Waals surface area contributed by atoms with Crippen LogP contribution >= 0.6 is 11.8 Å². The summed E-state index contributed by atoms with van der Waals surface area (Å²) >= 11 is 1.28. The summed E-state index contributed by atoms with van der Waals surface area (Å²) in [6.45, 7) is 0. The molecule has 0 bridgehead atoms. The molecule has 9 heteroatoms. The Bertz CT molecular complexity index is 1680. The highest BCUT2D eigenvalue weighted by Crippen LogP contribution is 2.41. The number of non-ortho nitro benzene ring substituents is 1. The van der Waals surface area contributed by atoms with E-state index in [1.165, 1.54) is 30.3 Å². The molecule has 0 amide bonds. The molecule has 0 atom stereocenters. The van der Waals surface area contributed by atoms with Crippen molar-refractivity contribution in [1.29, 1.82) is 0 Å². The molecule has 0 aliphatic heterocycles. The van der Waals surface area contributed by atoms with Crippen LogP contribution in [0.1, 0.15) is 38.1 Å². The Morgan fingerprint density at radius 3 is 2.26 bits per heavy atom. The number of rotatable bonds is 6. The molecule has 38 heavy (non-hydrogen) atoms. The fourth-order valence-electron chi connectivity index (χ4n) is 5.26. The number of fused-ring (bicyclic) bond motifs is 1. The minimum Gasteiger partial charge on any atom is -0.321 e. The molecule has 1 saturated carbocycles. The van der Waals surface area contributed by atoms with Gasteiger partial charge in [0, 0.05) is 40.2 Å². The van der Waals surface area contributed by atoms with Crippen LogP contribution in [-0.4, -0.2) is 24.7 Å². The van der Waals surface area contributed by atoms with Crippen LogP contribution in [0.2, 0.25) is 0 Å². The first-order chi connectivity index (χ1) is 18.6. The Morgan fingerprint density at radius 2 is 1.58 bits per heavy atom. The van der Waals surface area contributed by atoms with Gasteiger partial charge >= 0.3 is 0 Å². The first-order valence-corrected chi connectivity index (χ1v) is 13.5. The van der Waals surface area contributed by atoms with Crippen LogP contribution in [-0.2, 0) is 0 Å². The molecule has 2 heterocycles. The van der Waals surface area contributed by atoms with Gasteiger partial charge in [-0.2, -0.15) is 0 Å². The smallest absolute Gasteiger partial charge is 0.270 e. The molecule has 0 spiro atoms. The Kier molecular flexibility index (Phi) is 6.51. The number of nitro benzene ring substituents is 1. The van der Waals surface area contributed by atoms with Gasteiger partial charge in [-0.05, 0) is 36.2 Å². The zero-order chi connectivity index (χ0) is 26.1. The Morgan fingerprint density at radius 1 is 0.895 bits per heavy atom. The predicted molar refractivity (Wildman–Crippen MR) is 148 cm³/mol. The van der Waals surface area contributed by atoms with Gasteiger partial charge in [-0.3, -0.25) is 19.5 Å². The van der Waals surface area contributed by atoms with E-state index in [0.29, 0.717) is 26.5 Å². The standard InChI is InChI=1S/C29H25N5O3S/c35-28-26(25(19-10-4-1-5-11-19)23-18-22(34(36)37)16-17-24(23)30-28)38-29-32-31-27(20-12-6-2-7-13-20)33(29)21-14-8-3-9-15-21/h1-2,4-7,10-13,16-18,21H,3,8-9,14-15H2,(H,30,35). The highest BCUT2D eigenvalue weighted by Gasteiger charge is 2.26. The molecule has 190 valence electrons. The van der Waals surface area contributed by atoms with Crippen LogP contribution in [0.5, 0.6) is 0 Å². The lowest BCUT2D eigenvalue weighted by Crippen LogP contribution is -2.16. The fraction of sp³-hybridized carbons (Fsp3) is 0.207. The van der Waals surface area contributed by atoms with E-state index in [9.17, 15) is 14.9 Å². The van der Waals surface area contributed by atoms with Crippen molar-refractivity contribution in [2.45, 2.75) is 48.2 Å². The van der Waals surface area contributed by atoms with Crippen LogP contribution in [0, 0.1) is 10.1 Å². The third kappa shape index (κ3) is 4.50. The molecular formula is C29H25N5O3S. The minimum absolute atomic E-state index is 0.0329. The van der Waals surface area contributed by atoms with Gasteiger partial charge in [-0.15, -0.1) is 10.2 Å². The lowest BCUT2D eigenvalue weighted by molar-refractivity contribution is -0.384. The van der Waals surface area contributed by atoms with Crippen LogP contribution < -0.4 is 5.56 Å². The van der Waals surface area contributed by atoms with Gasteiger partial charge in [0.15, 0.2) is 11.0 Å². The van der Waals surface area contributed by atoms with E-state index in [1.54, 1.807) is 6.07 Å². The van der Waals surface area contributed by atoms with Gasteiger partial charge in [0.1, 0.15) is 0 Å². The van der Waals surface area contributed by atoms with E-state index in [-0.39, 0.29) is 17.3 Å². The third-order valence-corrected chi connectivity index (χ3v) is 8.11. The molecule has 0 radical (unpaired) electrons. The highest BCUT2D eigenvalue weighted by molar-refractivity contribution is 7.99. The lowest BCUT2D eigenvalue weighted by atomic mass is 9.95. The second kappa shape index (κ2) is 10.3. The molecule has 3 aromatic carbocycles. The molecule has 6 rings (SSSR count). The largest absolute Gasteiger partial charge is 0.321 e. The molecule has 5 aromatic rings. The van der Waals surface area contributed by atoms with Crippen molar-refractivity contribution in [2.75, 3.05) is 0 Å². The predicted octanol–water partition coefficient (Wildman–Crippen LogP) is 7.02. The molecule has 8 nitrogen and oxygen atoms in total. The maximum Gasteiger partial charge on any atom is 0.270 e. The van der Waals surface area contributed by atoms with Gasteiger partial charge in [-0.25, -0.2) is 0 Å². The Hall–Kier alpha value is -4.24. The van der Waals surface area contributed by atoms with Crippen LogP contribution in [0.25, 0.3) is 33.4 Å². The van der Waals surface area contributed by atoms with E-state index in [1.807, 2.05) is 60.7 Å². The number of pyridine rings is 1. The number of H-pyrrole nitrogens is 1. The fourth-order valence-corrected chi connectivity index (χ4v) is 6.33. The topological polar surface area (TPSA) is 107 Å². The molecule has 0 saturated heterocycles. The molecule has 1 aliphatic rings. The summed E-state index contributed by atoms with van der Waals surface area (Å²) in [4.78, 5) is 28.1. The molecule has 1 N–H and O–H groups in total. The number of nitrogens with zero attached hydrogens (tertiary/aromatic N) is 4. The Labute approximate surface area is 222 Å². The second-order valence-electron chi connectivity index (χ2n) is 9.45. The zero-order valence-electron chi connectivity index (χ0n) is 20.5. The van der Waals surface area contributed by atoms with Gasteiger partial charge in [-0.1, -0.05) is 79.9 Å². The van der Waals surface area contributed by atoms with Crippen molar-refractivity contribution >= 4 is 28.4 Å². The summed E-state index contributed by atoms with van der Waals surface area (Å²) in [5.41, 5.74) is 2.67. The number of benzene rings is 3. The van der Waals surface area contributed by atoms with Crippen molar-refractivity contribution in [1.82, 2.24) is 19.7 Å². The average molecular weight is 524 g/mol. The van der Waals surface area contributed by atoms with E-state index in [4.69, 9.17) is 0 Å². The zero-order valence-corrected chi connectivity index (χ0v) is 21.4. The van der Waals surface area contributed by atoms with Gasteiger partial charge < -0.3 is 4.98 Å². The number of aromatic amines is 1. The maximum atomic E-state index is 13.5. The van der Waals surface area contributed by atoms with E-state index >= 15 is 0 Å². The van der Waals surface area contributed by atoms with Gasteiger partial charge in [0.05, 0.1) is 9.82 Å². The number of aromatic nitrogens is 4. The normalized spacial score (nSPS) is 14.1. The lowest BCUT2D eigenvalue weighted by Gasteiger charge is -2.25. The number of nitrogens with one attached hydrogen (secondary N) is 1. The molecular weight excluding hydrogens is 498 g/mol. The molecule has 0 unspecified atom stereocenters. The van der Waals surface area contributed by atoms with Crippen molar-refractivity contribution in [3.05, 3.63) is 99.3 Å². The van der Waals surface area contributed by atoms with E-state index in [0.717, 1.165) is 42.6 Å². The summed E-state index contributed by atoms with van der Waals surface area (Å²) in [6.07, 6.45) is 5.53. The summed E-state index contributed by atoms with van der Waals surface area (Å²) in [7, 11) is 0. The molecule has 1 aliphatic carbocycles. The van der Waals surface area contributed by atoms with Gasteiger partial charge in [0.25, 0.3) is 11.2 Å². The quantitative estimate of drug-likeness (QED) is 0.189. The SMILES string of the molecule is O=c1[nH]c2ccc([N+](=O)[O-])cc2c(-c2ccccc2)c1Sc1nnc(-c2ccccc2)n1C1CCCCC1. The van der Waals surface area contributed by atoms with Gasteiger partial charge in [0.2, 0.25) is 0 Å². The van der Waals surface area contributed by atoms with Crippen molar-refractivity contribution < 1.29 is 4.92 Å². The monoisotopic (exact) mass is 523 g/mol. The first kappa shape index (κ1) is 24.1. The number of hydrogen-bond donors (Lipinski definition) is 1. The number of nitro groups is 1. The van der Waals surface area contributed by atoms with Crippen LogP contribution in [0.4, 0.5) is 5.69 Å². The second-order valence-corrected chi connectivity index (χ2v) is 10.4. The summed E-state index contributed by atoms with van der Waals surface area (Å²) in [5, 5.41) is 22.0. The van der Waals surface area contributed by atoms with Crippen molar-refractivity contribution in [3.8, 4) is 22.5 Å². The highest BCUT2D eigenvalue weighted by atomic mass is 32.2. The van der Waals surface area contributed by atoms with Crippen LogP contribution in [0.15, 0.2) is 93.7 Å². The number of hydrogen-bond acceptors (Lipinski definition) is 6. The van der Waals surface area contributed by atoms with Crippen LogP contribution in [0.3, 0.4) is 0 Å². The van der Waals surface area contributed by atoms with Crippen molar-refractivity contribution in [3.63, 3.8) is 0 Å². The average Bonchev–Trinajstić information content (AvgIpc) is 3.38. The summed E-state index contributed by atoms with van der Waals surface area (Å²) in [6, 6.07) is 24.3. The third-order valence-electron chi connectivity index (χ3n) is 7.06. The maximum absolute atomic E-state index is 13.5. The summed E-state index contributed by atoms with van der Waals surface area (Å²) < 4.78 is 2.19. The van der Waals surface area contributed by atoms with Crippen molar-refractivity contribution in [2.24, 2.45) is 0 Å². The Balaban J connectivity index is 1.56. The molecule has 2 aromatic heterocycles. The summed E-state index contributed by atoms with van der Waals surface area (Å²) in [5.74, 6) is 0.786. The minimum atomic E-state index is -0.419. The first-order valence-electron chi connectivity index (χ1n) is 12.7.